The molecule has 0 aliphatic heterocycles. The largest absolute Gasteiger partial charge is 0.304 e. The van der Waals surface area contributed by atoms with Crippen LogP contribution in [-0.4, -0.2) is 9.38 Å². The second kappa shape index (κ2) is 2.09. The van der Waals surface area contributed by atoms with E-state index in [1.165, 1.54) is 11.3 Å². The van der Waals surface area contributed by atoms with E-state index in [4.69, 9.17) is 0 Å². The lowest BCUT2D eigenvalue weighted by atomic mass is 10.2. The zero-order chi connectivity index (χ0) is 7.84. The Labute approximate surface area is 65.5 Å². The van der Waals surface area contributed by atoms with Gasteiger partial charge in [0.2, 0.25) is 0 Å². The summed E-state index contributed by atoms with van der Waals surface area (Å²) in [6.07, 6.45) is 3.80. The fraction of sp³-hybridized carbons (Fsp3) is 0.222. The van der Waals surface area contributed by atoms with Gasteiger partial charge in [0.1, 0.15) is 5.65 Å². The van der Waals surface area contributed by atoms with Gasteiger partial charge < -0.3 is 4.40 Å². The first-order valence-corrected chi connectivity index (χ1v) is 3.68. The summed E-state index contributed by atoms with van der Waals surface area (Å²) in [7, 11) is 0. The van der Waals surface area contributed by atoms with Crippen LogP contribution in [0.3, 0.4) is 0 Å². The van der Waals surface area contributed by atoms with E-state index in [2.05, 4.69) is 29.3 Å². The Kier molecular flexibility index (Phi) is 1.22. The topological polar surface area (TPSA) is 17.3 Å². The molecule has 2 heterocycles. The molecule has 0 aliphatic rings. The Morgan fingerprint density at radius 3 is 2.91 bits per heavy atom. The third-order valence-corrected chi connectivity index (χ3v) is 2.08. The molecule has 56 valence electrons. The Morgan fingerprint density at radius 2 is 2.09 bits per heavy atom. The van der Waals surface area contributed by atoms with Crippen LogP contribution in [0.5, 0.6) is 0 Å². The van der Waals surface area contributed by atoms with Gasteiger partial charge in [0.25, 0.3) is 0 Å². The van der Waals surface area contributed by atoms with E-state index in [1.807, 2.05) is 18.5 Å². The van der Waals surface area contributed by atoms with Gasteiger partial charge in [-0.1, -0.05) is 6.07 Å². The van der Waals surface area contributed by atoms with Gasteiger partial charge in [0, 0.05) is 18.1 Å². The van der Waals surface area contributed by atoms with Gasteiger partial charge in [-0.05, 0) is 25.5 Å². The van der Waals surface area contributed by atoms with Crippen molar-refractivity contribution in [2.24, 2.45) is 0 Å². The molecule has 0 aromatic carbocycles. The van der Waals surface area contributed by atoms with Crippen LogP contribution in [0.25, 0.3) is 5.65 Å². The van der Waals surface area contributed by atoms with Crippen LogP contribution in [0.2, 0.25) is 0 Å². The van der Waals surface area contributed by atoms with Crippen LogP contribution < -0.4 is 0 Å². The number of pyridine rings is 1. The third kappa shape index (κ3) is 0.827. The predicted octanol–water partition coefficient (Wildman–Crippen LogP) is 1.95. The molecule has 2 heteroatoms. The molecule has 0 bridgehead atoms. The Hall–Kier alpha value is -1.31. The molecule has 0 unspecified atom stereocenters. The van der Waals surface area contributed by atoms with Crippen molar-refractivity contribution in [1.82, 2.24) is 9.38 Å². The van der Waals surface area contributed by atoms with E-state index in [1.54, 1.807) is 0 Å². The maximum absolute atomic E-state index is 4.18. The summed E-state index contributed by atoms with van der Waals surface area (Å²) >= 11 is 0. The van der Waals surface area contributed by atoms with E-state index in [9.17, 15) is 0 Å². The Morgan fingerprint density at radius 1 is 1.27 bits per heavy atom. The molecule has 0 fully saturated rings. The molecular formula is C9H10N2. The summed E-state index contributed by atoms with van der Waals surface area (Å²) in [4.78, 5) is 4.18. The van der Waals surface area contributed by atoms with Crippen LogP contribution in [0, 0.1) is 13.8 Å². The third-order valence-electron chi connectivity index (χ3n) is 2.08. The Bertz CT molecular complexity index is 387. The zero-order valence-corrected chi connectivity index (χ0v) is 6.70. The smallest absolute Gasteiger partial charge is 0.136 e. The molecule has 0 saturated carbocycles. The Balaban J connectivity index is 2.93. The van der Waals surface area contributed by atoms with Crippen LogP contribution >= 0.6 is 0 Å². The van der Waals surface area contributed by atoms with Gasteiger partial charge in [0.05, 0.1) is 0 Å². The van der Waals surface area contributed by atoms with Crippen molar-refractivity contribution < 1.29 is 0 Å². The minimum absolute atomic E-state index is 1.02. The van der Waals surface area contributed by atoms with Crippen molar-refractivity contribution in [3.8, 4) is 0 Å². The molecule has 11 heavy (non-hydrogen) atoms. The molecule has 0 spiro atoms. The van der Waals surface area contributed by atoms with Gasteiger partial charge >= 0.3 is 0 Å². The maximum Gasteiger partial charge on any atom is 0.136 e. The van der Waals surface area contributed by atoms with Crippen molar-refractivity contribution in [3.05, 3.63) is 35.8 Å². The lowest BCUT2D eigenvalue weighted by Crippen LogP contribution is -1.91. The highest BCUT2D eigenvalue weighted by atomic mass is 15.0. The average Bonchev–Trinajstić information content (AvgIpc) is 2.45. The zero-order valence-electron chi connectivity index (χ0n) is 6.70. The SMILES string of the molecule is Cc1ccc2nccn2c1C. The van der Waals surface area contributed by atoms with Crippen LogP contribution in [0.1, 0.15) is 11.3 Å². The molecule has 2 aromatic rings. The fourth-order valence-corrected chi connectivity index (χ4v) is 1.23. The van der Waals surface area contributed by atoms with E-state index < -0.39 is 0 Å². The van der Waals surface area contributed by atoms with Crippen molar-refractivity contribution in [1.29, 1.82) is 0 Å². The summed E-state index contributed by atoms with van der Waals surface area (Å²) in [5, 5.41) is 0. The monoisotopic (exact) mass is 146 g/mol. The van der Waals surface area contributed by atoms with Crippen LogP contribution in [0.4, 0.5) is 0 Å². The lowest BCUT2D eigenvalue weighted by molar-refractivity contribution is 1.06. The molecule has 0 radical (unpaired) electrons. The number of rotatable bonds is 0. The van der Waals surface area contributed by atoms with E-state index >= 15 is 0 Å². The number of nitrogens with zero attached hydrogens (tertiary/aromatic N) is 2. The molecule has 0 amide bonds. The van der Waals surface area contributed by atoms with E-state index in [-0.39, 0.29) is 0 Å². The highest BCUT2D eigenvalue weighted by Gasteiger charge is 1.97. The summed E-state index contributed by atoms with van der Waals surface area (Å²) in [5.74, 6) is 0. The first-order valence-electron chi connectivity index (χ1n) is 3.68. The van der Waals surface area contributed by atoms with E-state index in [0.29, 0.717) is 0 Å². The number of aromatic nitrogens is 2. The van der Waals surface area contributed by atoms with Crippen molar-refractivity contribution in [2.75, 3.05) is 0 Å². The minimum Gasteiger partial charge on any atom is -0.304 e. The quantitative estimate of drug-likeness (QED) is 0.555. The number of fused-ring (bicyclic) bond motifs is 1. The highest BCUT2D eigenvalue weighted by Crippen LogP contribution is 2.09. The van der Waals surface area contributed by atoms with Crippen molar-refractivity contribution in [2.45, 2.75) is 13.8 Å². The van der Waals surface area contributed by atoms with Gasteiger partial charge in [-0.25, -0.2) is 4.98 Å². The van der Waals surface area contributed by atoms with Crippen molar-refractivity contribution >= 4 is 5.65 Å². The molecule has 0 N–H and O–H groups in total. The second-order valence-electron chi connectivity index (χ2n) is 2.76. The minimum atomic E-state index is 1.02. The number of hydrogen-bond donors (Lipinski definition) is 0. The molecule has 2 nitrogen and oxygen atoms in total. The number of hydrogen-bond acceptors (Lipinski definition) is 1. The summed E-state index contributed by atoms with van der Waals surface area (Å²) in [6, 6.07) is 4.12. The molecular weight excluding hydrogens is 136 g/mol. The standard InChI is InChI=1S/C9H10N2/c1-7-3-4-9-10-5-6-11(9)8(7)2/h3-6H,1-2H3. The maximum atomic E-state index is 4.18. The van der Waals surface area contributed by atoms with Gasteiger partial charge in [-0.3, -0.25) is 0 Å². The fourth-order valence-electron chi connectivity index (χ4n) is 1.23. The number of imidazole rings is 1. The molecule has 0 atom stereocenters. The van der Waals surface area contributed by atoms with Gasteiger partial charge in [-0.15, -0.1) is 0 Å². The second-order valence-corrected chi connectivity index (χ2v) is 2.76. The first kappa shape index (κ1) is 6.40. The molecule has 2 rings (SSSR count). The summed E-state index contributed by atoms with van der Waals surface area (Å²) < 4.78 is 2.09. The molecule has 2 aromatic heterocycles. The molecule has 0 aliphatic carbocycles. The summed E-state index contributed by atoms with van der Waals surface area (Å²) in [5.41, 5.74) is 3.59. The van der Waals surface area contributed by atoms with Gasteiger partial charge in [0.15, 0.2) is 0 Å². The normalized spacial score (nSPS) is 10.7. The summed E-state index contributed by atoms with van der Waals surface area (Å²) in [6.45, 7) is 4.21. The molecule has 0 saturated heterocycles. The van der Waals surface area contributed by atoms with Crippen LogP contribution in [0.15, 0.2) is 24.5 Å². The van der Waals surface area contributed by atoms with Crippen molar-refractivity contribution in [3.63, 3.8) is 0 Å². The highest BCUT2D eigenvalue weighted by molar-refractivity contribution is 5.42. The number of aryl methyl sites for hydroxylation is 2. The van der Waals surface area contributed by atoms with Gasteiger partial charge in [-0.2, -0.15) is 0 Å². The van der Waals surface area contributed by atoms with E-state index in [0.717, 1.165) is 5.65 Å². The first-order chi connectivity index (χ1) is 5.29. The average molecular weight is 146 g/mol. The van der Waals surface area contributed by atoms with Crippen LogP contribution in [-0.2, 0) is 0 Å². The lowest BCUT2D eigenvalue weighted by Gasteiger charge is -2.01. The predicted molar refractivity (Wildman–Crippen MR) is 44.7 cm³/mol.